The van der Waals surface area contributed by atoms with Crippen molar-refractivity contribution >= 4 is 0 Å². The van der Waals surface area contributed by atoms with Gasteiger partial charge in [0.15, 0.2) is 0 Å². The minimum Gasteiger partial charge on any atom is -0.313 e. The summed E-state index contributed by atoms with van der Waals surface area (Å²) in [6.45, 7) is 4.03. The monoisotopic (exact) mass is 269 g/mol. The third-order valence-electron chi connectivity index (χ3n) is 4.15. The van der Waals surface area contributed by atoms with Crippen molar-refractivity contribution in [3.63, 3.8) is 0 Å². The van der Waals surface area contributed by atoms with E-state index in [9.17, 15) is 0 Å². The summed E-state index contributed by atoms with van der Waals surface area (Å²) < 4.78 is 2.27. The Morgan fingerprint density at radius 1 is 1.20 bits per heavy atom. The molecule has 1 N–H and O–H groups in total. The topological polar surface area (TPSA) is 29.9 Å². The van der Waals surface area contributed by atoms with Crippen LogP contribution < -0.4 is 5.32 Å². The molecule has 0 radical (unpaired) electrons. The highest BCUT2D eigenvalue weighted by molar-refractivity contribution is 5.63. The first-order valence-corrected chi connectivity index (χ1v) is 7.72. The quantitative estimate of drug-likeness (QED) is 0.895. The van der Waals surface area contributed by atoms with Crippen LogP contribution in [0.3, 0.4) is 0 Å². The van der Waals surface area contributed by atoms with Crippen LogP contribution in [0.5, 0.6) is 0 Å². The smallest absolute Gasteiger partial charge is 0.0730 e. The van der Waals surface area contributed by atoms with Crippen molar-refractivity contribution in [2.24, 2.45) is 0 Å². The van der Waals surface area contributed by atoms with Gasteiger partial charge in [0.25, 0.3) is 0 Å². The lowest BCUT2D eigenvalue weighted by molar-refractivity contribution is 0.471. The fraction of sp³-hybridized carbons (Fsp3) is 0.471. The molecule has 0 saturated heterocycles. The lowest BCUT2D eigenvalue weighted by Gasteiger charge is -2.16. The molecule has 1 heterocycles. The minimum absolute atomic E-state index is 0.584. The summed E-state index contributed by atoms with van der Waals surface area (Å²) in [4.78, 5) is 0. The lowest BCUT2D eigenvalue weighted by Crippen LogP contribution is -2.13. The molecule has 0 atom stereocenters. The maximum absolute atomic E-state index is 4.70. The van der Waals surface area contributed by atoms with Gasteiger partial charge in [0.2, 0.25) is 0 Å². The van der Waals surface area contributed by atoms with Gasteiger partial charge < -0.3 is 5.32 Å². The van der Waals surface area contributed by atoms with Crippen LogP contribution in [0, 0.1) is 0 Å². The molecule has 3 heteroatoms. The Balaban J connectivity index is 1.99. The van der Waals surface area contributed by atoms with Gasteiger partial charge in [-0.1, -0.05) is 50.1 Å². The van der Waals surface area contributed by atoms with E-state index in [2.05, 4.69) is 47.3 Å². The Hall–Kier alpha value is -1.61. The van der Waals surface area contributed by atoms with Gasteiger partial charge in [0, 0.05) is 17.7 Å². The highest BCUT2D eigenvalue weighted by atomic mass is 15.3. The van der Waals surface area contributed by atoms with Crippen molar-refractivity contribution in [2.45, 2.75) is 45.2 Å². The van der Waals surface area contributed by atoms with Gasteiger partial charge in [-0.15, -0.1) is 0 Å². The number of benzene rings is 1. The Morgan fingerprint density at radius 2 is 1.95 bits per heavy atom. The fourth-order valence-electron chi connectivity index (χ4n) is 3.13. The van der Waals surface area contributed by atoms with E-state index in [1.54, 1.807) is 0 Å². The zero-order valence-electron chi connectivity index (χ0n) is 12.2. The summed E-state index contributed by atoms with van der Waals surface area (Å²) in [6.07, 6.45) is 7.25. The molecule has 20 heavy (non-hydrogen) atoms. The van der Waals surface area contributed by atoms with E-state index in [0.717, 1.165) is 13.1 Å². The van der Waals surface area contributed by atoms with Crippen molar-refractivity contribution in [1.82, 2.24) is 15.1 Å². The van der Waals surface area contributed by atoms with E-state index in [1.165, 1.54) is 42.5 Å². The van der Waals surface area contributed by atoms with E-state index < -0.39 is 0 Å². The third kappa shape index (κ3) is 2.63. The second-order valence-corrected chi connectivity index (χ2v) is 5.55. The van der Waals surface area contributed by atoms with E-state index in [-0.39, 0.29) is 0 Å². The number of rotatable bonds is 5. The summed E-state index contributed by atoms with van der Waals surface area (Å²) in [7, 11) is 0. The molecule has 1 saturated carbocycles. The predicted molar refractivity (Wildman–Crippen MR) is 82.5 cm³/mol. The van der Waals surface area contributed by atoms with Crippen LogP contribution in [0.1, 0.15) is 44.2 Å². The van der Waals surface area contributed by atoms with E-state index in [4.69, 9.17) is 5.10 Å². The number of nitrogens with one attached hydrogen (secondary N) is 1. The molecule has 0 amide bonds. The summed E-state index contributed by atoms with van der Waals surface area (Å²) in [5.74, 6) is 0. The summed E-state index contributed by atoms with van der Waals surface area (Å²) in [5, 5.41) is 8.13. The summed E-state index contributed by atoms with van der Waals surface area (Å²) >= 11 is 0. The van der Waals surface area contributed by atoms with Crippen molar-refractivity contribution in [1.29, 1.82) is 0 Å². The molecule has 1 aliphatic carbocycles. The van der Waals surface area contributed by atoms with E-state index in [0.29, 0.717) is 6.04 Å². The van der Waals surface area contributed by atoms with Gasteiger partial charge in [-0.25, -0.2) is 0 Å². The lowest BCUT2D eigenvalue weighted by atomic mass is 10.1. The van der Waals surface area contributed by atoms with Crippen LogP contribution in [-0.4, -0.2) is 16.3 Å². The van der Waals surface area contributed by atoms with Crippen LogP contribution >= 0.6 is 0 Å². The summed E-state index contributed by atoms with van der Waals surface area (Å²) in [5.41, 5.74) is 3.90. The Labute approximate surface area is 121 Å². The SMILES string of the molecule is CCNCc1cnn(C2CCCC2)c1-c1ccccc1. The van der Waals surface area contributed by atoms with E-state index >= 15 is 0 Å². The zero-order chi connectivity index (χ0) is 13.8. The van der Waals surface area contributed by atoms with Crippen molar-refractivity contribution in [2.75, 3.05) is 6.54 Å². The second-order valence-electron chi connectivity index (χ2n) is 5.55. The molecule has 1 aromatic carbocycles. The number of nitrogens with zero attached hydrogens (tertiary/aromatic N) is 2. The van der Waals surface area contributed by atoms with Crippen LogP contribution in [0.4, 0.5) is 0 Å². The Bertz CT molecular complexity index is 539. The molecule has 3 nitrogen and oxygen atoms in total. The Morgan fingerprint density at radius 3 is 2.65 bits per heavy atom. The molecule has 3 rings (SSSR count). The van der Waals surface area contributed by atoms with Gasteiger partial charge >= 0.3 is 0 Å². The second kappa shape index (κ2) is 6.23. The molecule has 1 aromatic heterocycles. The highest BCUT2D eigenvalue weighted by Crippen LogP contribution is 2.34. The standard InChI is InChI=1S/C17H23N3/c1-2-18-12-15-13-19-20(16-10-6-7-11-16)17(15)14-8-4-3-5-9-14/h3-5,8-9,13,16,18H,2,6-7,10-12H2,1H3. The molecule has 0 spiro atoms. The number of hydrogen-bond donors (Lipinski definition) is 1. The van der Waals surface area contributed by atoms with Crippen molar-refractivity contribution in [3.05, 3.63) is 42.1 Å². The van der Waals surface area contributed by atoms with Gasteiger partial charge in [0.05, 0.1) is 17.9 Å². The van der Waals surface area contributed by atoms with Gasteiger partial charge in [-0.3, -0.25) is 4.68 Å². The average Bonchev–Trinajstić information content (AvgIpc) is 3.15. The molecule has 106 valence electrons. The molecule has 2 aromatic rings. The van der Waals surface area contributed by atoms with Gasteiger partial charge in [-0.05, 0) is 19.4 Å². The minimum atomic E-state index is 0.584. The molecular weight excluding hydrogens is 246 g/mol. The molecule has 0 bridgehead atoms. The number of aromatic nitrogens is 2. The third-order valence-corrected chi connectivity index (χ3v) is 4.15. The molecule has 0 aliphatic heterocycles. The highest BCUT2D eigenvalue weighted by Gasteiger charge is 2.22. The van der Waals surface area contributed by atoms with Crippen molar-refractivity contribution in [3.8, 4) is 11.3 Å². The van der Waals surface area contributed by atoms with Gasteiger partial charge in [-0.2, -0.15) is 5.10 Å². The zero-order valence-corrected chi connectivity index (χ0v) is 12.2. The van der Waals surface area contributed by atoms with Gasteiger partial charge in [0.1, 0.15) is 0 Å². The molecular formula is C17H23N3. The van der Waals surface area contributed by atoms with Crippen molar-refractivity contribution < 1.29 is 0 Å². The largest absolute Gasteiger partial charge is 0.313 e. The summed E-state index contributed by atoms with van der Waals surface area (Å²) in [6, 6.07) is 11.3. The van der Waals surface area contributed by atoms with Crippen LogP contribution in [-0.2, 0) is 6.54 Å². The first kappa shape index (κ1) is 13.4. The maximum atomic E-state index is 4.70. The normalized spacial score (nSPS) is 15.8. The van der Waals surface area contributed by atoms with Crippen LogP contribution in [0.25, 0.3) is 11.3 Å². The average molecular weight is 269 g/mol. The first-order valence-electron chi connectivity index (χ1n) is 7.72. The van der Waals surface area contributed by atoms with Crippen LogP contribution in [0.15, 0.2) is 36.5 Å². The fourth-order valence-corrected chi connectivity index (χ4v) is 3.13. The first-order chi connectivity index (χ1) is 9.90. The molecule has 1 fully saturated rings. The van der Waals surface area contributed by atoms with Crippen LogP contribution in [0.2, 0.25) is 0 Å². The molecule has 1 aliphatic rings. The maximum Gasteiger partial charge on any atom is 0.0730 e. The Kier molecular flexibility index (Phi) is 4.16. The van der Waals surface area contributed by atoms with E-state index in [1.807, 2.05) is 6.20 Å². The molecule has 0 unspecified atom stereocenters. The predicted octanol–water partition coefficient (Wildman–Crippen LogP) is 3.77. The number of hydrogen-bond acceptors (Lipinski definition) is 2.